The fraction of sp³-hybridized carbons (Fsp3) is 0.280. The summed E-state index contributed by atoms with van der Waals surface area (Å²) in [6.07, 6.45) is -1.97. The molecular weight excluding hydrogens is 444 g/mol. The number of pyridine rings is 1. The molecule has 1 heterocycles. The van der Waals surface area contributed by atoms with Gasteiger partial charge in [0.1, 0.15) is 12.4 Å². The Hall–Kier alpha value is -3.04. The normalized spacial score (nSPS) is 12.9. The first kappa shape index (κ1) is 24.6. The molecule has 6 nitrogen and oxygen atoms in total. The number of aliphatic hydroxyl groups excluding tert-OH is 1. The molecule has 0 fully saturated rings. The second-order valence-electron chi connectivity index (χ2n) is 7.84. The molecule has 0 saturated heterocycles. The Morgan fingerprint density at radius 1 is 1.18 bits per heavy atom. The van der Waals surface area contributed by atoms with Crippen molar-refractivity contribution in [2.75, 3.05) is 12.8 Å². The fourth-order valence-corrected chi connectivity index (χ4v) is 4.34. The first-order valence-corrected chi connectivity index (χ1v) is 12.0. The zero-order chi connectivity index (χ0) is 24.0. The Morgan fingerprint density at radius 2 is 1.88 bits per heavy atom. The van der Waals surface area contributed by atoms with Crippen molar-refractivity contribution in [3.05, 3.63) is 65.6 Å². The highest BCUT2D eigenvalue weighted by molar-refractivity contribution is 7.39. The van der Waals surface area contributed by atoms with Gasteiger partial charge in [-0.1, -0.05) is 56.0 Å². The Bertz CT molecular complexity index is 1230. The van der Waals surface area contributed by atoms with E-state index >= 15 is 0 Å². The van der Waals surface area contributed by atoms with Crippen molar-refractivity contribution in [3.63, 3.8) is 0 Å². The molecule has 0 bridgehead atoms. The maximum atomic E-state index is 13.6. The van der Waals surface area contributed by atoms with E-state index in [0.717, 1.165) is 27.7 Å². The van der Waals surface area contributed by atoms with Crippen LogP contribution in [-0.2, 0) is 13.9 Å². The van der Waals surface area contributed by atoms with Crippen LogP contribution in [0.2, 0.25) is 0 Å². The van der Waals surface area contributed by atoms with Crippen LogP contribution in [-0.4, -0.2) is 40.0 Å². The number of carboxylic acid groups (broad SMARTS) is 1. The Kier molecular flexibility index (Phi) is 8.35. The van der Waals surface area contributed by atoms with E-state index in [-0.39, 0.29) is 24.5 Å². The Morgan fingerprint density at radius 3 is 2.55 bits per heavy atom. The van der Waals surface area contributed by atoms with E-state index in [9.17, 15) is 18.9 Å². The summed E-state index contributed by atoms with van der Waals surface area (Å²) in [5, 5.41) is 19.2. The number of aromatic nitrogens is 1. The molecular formula is C25H25FNO5P. The number of hydrogen-bond acceptors (Lipinski definition) is 5. The highest BCUT2D eigenvalue weighted by Gasteiger charge is 2.18. The van der Waals surface area contributed by atoms with Gasteiger partial charge in [0.25, 0.3) is 0 Å². The molecule has 0 aliphatic rings. The molecule has 33 heavy (non-hydrogen) atoms. The van der Waals surface area contributed by atoms with E-state index in [1.807, 2.05) is 38.1 Å². The van der Waals surface area contributed by atoms with E-state index in [1.165, 1.54) is 12.1 Å². The zero-order valence-electron chi connectivity index (χ0n) is 18.3. The highest BCUT2D eigenvalue weighted by atomic mass is 31.1. The minimum absolute atomic E-state index is 0.0596. The summed E-state index contributed by atoms with van der Waals surface area (Å²) >= 11 is 0. The number of nitrogens with zero attached hydrogens (tertiary/aromatic N) is 1. The minimum atomic E-state index is -2.64. The lowest BCUT2D eigenvalue weighted by Crippen LogP contribution is -2.15. The van der Waals surface area contributed by atoms with Gasteiger partial charge in [0, 0.05) is 17.1 Å². The molecule has 8 heteroatoms. The number of fused-ring (bicyclic) bond motifs is 1. The predicted molar refractivity (Wildman–Crippen MR) is 126 cm³/mol. The molecule has 2 unspecified atom stereocenters. The van der Waals surface area contributed by atoms with Gasteiger partial charge in [-0.25, -0.2) is 4.39 Å². The molecule has 172 valence electrons. The number of halogens is 1. The Balaban J connectivity index is 1.96. The first-order valence-electron chi connectivity index (χ1n) is 10.5. The van der Waals surface area contributed by atoms with Crippen LogP contribution < -0.4 is 0 Å². The zero-order valence-corrected chi connectivity index (χ0v) is 19.3. The second-order valence-corrected chi connectivity index (χ2v) is 9.28. The van der Waals surface area contributed by atoms with Crippen LogP contribution in [0, 0.1) is 17.7 Å². The second kappa shape index (κ2) is 11.2. The van der Waals surface area contributed by atoms with Crippen molar-refractivity contribution in [3.8, 4) is 23.0 Å². The Labute approximate surface area is 192 Å². The molecule has 3 rings (SSSR count). The molecule has 0 spiro atoms. The van der Waals surface area contributed by atoms with Crippen molar-refractivity contribution in [2.45, 2.75) is 32.3 Å². The van der Waals surface area contributed by atoms with Crippen LogP contribution in [0.25, 0.3) is 22.0 Å². The third-order valence-corrected chi connectivity index (χ3v) is 6.20. The predicted octanol–water partition coefficient (Wildman–Crippen LogP) is 4.84. The summed E-state index contributed by atoms with van der Waals surface area (Å²) < 4.78 is 30.8. The topological polar surface area (TPSA) is 96.7 Å². The molecule has 0 saturated carbocycles. The van der Waals surface area contributed by atoms with Crippen molar-refractivity contribution in [1.82, 2.24) is 4.98 Å². The van der Waals surface area contributed by atoms with Gasteiger partial charge < -0.3 is 14.7 Å². The quantitative estimate of drug-likeness (QED) is 0.362. The summed E-state index contributed by atoms with van der Waals surface area (Å²) in [7, 11) is -2.64. The smallest absolute Gasteiger partial charge is 0.305 e. The molecule has 0 amide bonds. The number of benzene rings is 2. The first-order chi connectivity index (χ1) is 15.8. The number of aliphatic hydroxyl groups is 1. The molecule has 0 aliphatic carbocycles. The van der Waals surface area contributed by atoms with Gasteiger partial charge in [-0.2, -0.15) is 0 Å². The lowest BCUT2D eigenvalue weighted by Gasteiger charge is -2.16. The molecule has 2 atom stereocenters. The summed E-state index contributed by atoms with van der Waals surface area (Å²) in [6, 6.07) is 13.9. The van der Waals surface area contributed by atoms with Crippen LogP contribution in [0.4, 0.5) is 4.39 Å². The van der Waals surface area contributed by atoms with Crippen molar-refractivity contribution >= 4 is 24.9 Å². The molecule has 3 aromatic rings. The molecule has 1 aromatic heterocycles. The number of rotatable bonds is 8. The van der Waals surface area contributed by atoms with Crippen molar-refractivity contribution in [1.29, 1.82) is 0 Å². The van der Waals surface area contributed by atoms with E-state index in [0.29, 0.717) is 5.56 Å². The largest absolute Gasteiger partial charge is 0.481 e. The number of hydrogen-bond donors (Lipinski definition) is 2. The third-order valence-electron chi connectivity index (χ3n) is 4.93. The summed E-state index contributed by atoms with van der Waals surface area (Å²) in [5.41, 5.74) is 3.91. The molecule has 0 radical (unpaired) electrons. The minimum Gasteiger partial charge on any atom is -0.481 e. The molecule has 2 aromatic carbocycles. The van der Waals surface area contributed by atoms with Gasteiger partial charge in [0.15, 0.2) is 8.03 Å². The van der Waals surface area contributed by atoms with Crippen LogP contribution in [0.3, 0.4) is 0 Å². The van der Waals surface area contributed by atoms with Crippen molar-refractivity contribution < 1.29 is 28.5 Å². The van der Waals surface area contributed by atoms with E-state index in [4.69, 9.17) is 14.6 Å². The number of carbonyl (C=O) groups is 1. The average molecular weight is 469 g/mol. The van der Waals surface area contributed by atoms with E-state index in [1.54, 1.807) is 12.1 Å². The number of carboxylic acids is 1. The summed E-state index contributed by atoms with van der Waals surface area (Å²) in [6.45, 7) is 3.87. The van der Waals surface area contributed by atoms with E-state index in [2.05, 4.69) is 11.8 Å². The van der Waals surface area contributed by atoms with Gasteiger partial charge in [0.05, 0.1) is 29.3 Å². The van der Waals surface area contributed by atoms with Gasteiger partial charge in [-0.3, -0.25) is 14.3 Å². The molecule has 0 aliphatic heterocycles. The lowest BCUT2D eigenvalue weighted by atomic mass is 9.91. The average Bonchev–Trinajstić information content (AvgIpc) is 2.76. The van der Waals surface area contributed by atoms with Crippen molar-refractivity contribution in [2.24, 2.45) is 0 Å². The SMILES string of the molecule is CC(C)c1nc2ccccc2c(-c2ccc(F)cc2)c1C#CCO[PH](=O)CC(O)CC(=O)O. The summed E-state index contributed by atoms with van der Waals surface area (Å²) in [5.74, 6) is 4.52. The van der Waals surface area contributed by atoms with Gasteiger partial charge in [0.2, 0.25) is 0 Å². The van der Waals surface area contributed by atoms with Gasteiger partial charge in [-0.15, -0.1) is 0 Å². The fourth-order valence-electron chi connectivity index (χ4n) is 3.46. The highest BCUT2D eigenvalue weighted by Crippen LogP contribution is 2.35. The van der Waals surface area contributed by atoms with Crippen LogP contribution in [0.15, 0.2) is 48.5 Å². The standard InChI is InChI=1S/C25H25FNO5P/c1-16(2)25-21(7-5-13-32-33(31)15-19(28)14-23(29)30)24(17-9-11-18(26)12-10-17)20-6-3-4-8-22(20)27-25/h3-4,6,8-12,16,19,28,33H,13-15H2,1-2H3,(H,29,30). The maximum Gasteiger partial charge on any atom is 0.305 e. The third kappa shape index (κ3) is 6.49. The van der Waals surface area contributed by atoms with Crippen LogP contribution >= 0.6 is 8.03 Å². The summed E-state index contributed by atoms with van der Waals surface area (Å²) in [4.78, 5) is 15.4. The van der Waals surface area contributed by atoms with E-state index < -0.39 is 26.5 Å². The maximum absolute atomic E-state index is 13.6. The van der Waals surface area contributed by atoms with Crippen LogP contribution in [0.1, 0.15) is 37.4 Å². The van der Waals surface area contributed by atoms with Gasteiger partial charge in [-0.05, 0) is 29.7 Å². The number of aliphatic carboxylic acids is 1. The van der Waals surface area contributed by atoms with Crippen LogP contribution in [0.5, 0.6) is 0 Å². The lowest BCUT2D eigenvalue weighted by molar-refractivity contribution is -0.138. The molecule has 2 N–H and O–H groups in total. The van der Waals surface area contributed by atoms with Gasteiger partial charge >= 0.3 is 5.97 Å². The monoisotopic (exact) mass is 469 g/mol. The number of para-hydroxylation sites is 1.